The maximum Gasteiger partial charge on any atom is 0.250 e. The van der Waals surface area contributed by atoms with Gasteiger partial charge in [-0.15, -0.1) is 12.6 Å². The van der Waals surface area contributed by atoms with Gasteiger partial charge in [0.25, 0.3) is 0 Å². The number of anilines is 6. The molecule has 0 atom stereocenters. The molecule has 50 heavy (non-hydrogen) atoms. The second-order valence-electron chi connectivity index (χ2n) is 9.28. The van der Waals surface area contributed by atoms with Gasteiger partial charge in [0.05, 0.1) is 12.4 Å². The highest BCUT2D eigenvalue weighted by atomic mass is 35.5. The zero-order chi connectivity index (χ0) is 36.3. The molecule has 0 unspecified atom stereocenters. The molecule has 0 fully saturated rings. The Morgan fingerprint density at radius 3 is 1.72 bits per heavy atom. The van der Waals surface area contributed by atoms with Crippen molar-refractivity contribution in [2.45, 2.75) is 20.1 Å². The number of benzene rings is 2. The summed E-state index contributed by atoms with van der Waals surface area (Å²) in [7, 11) is -3.56. The Hall–Kier alpha value is -4.73. The van der Waals surface area contributed by atoms with Gasteiger partial charge in [-0.25, -0.2) is 38.3 Å². The predicted molar refractivity (Wildman–Crippen MR) is 201 cm³/mol. The standard InChI is InChI=1S/C14H9ClN6S2.C9H6ClN5O2S2.C6H7NS/c15-11-5-12(20-13-18-7-10(6-16)23-13)21-14(19-11)22-9-3-1-8(17)2-4-9;1-19(16,17)9-13-6(10)2-7(15-9)14-8-12-4-5(3-11)18-8;7-5-1-3-6(8)4-2-5/h1-5,7H,17H2,(H,18,19,20,21);2,4H,1H3,(H,12,13,14,15);1-4,8H,7H2. The van der Waals surface area contributed by atoms with Crippen molar-refractivity contribution in [2.24, 2.45) is 0 Å². The predicted octanol–water partition coefficient (Wildman–Crippen LogP) is 7.10. The molecule has 0 aliphatic heterocycles. The van der Waals surface area contributed by atoms with Crippen LogP contribution >= 0.6 is 70.3 Å². The van der Waals surface area contributed by atoms with Crippen LogP contribution in [0.5, 0.6) is 0 Å². The summed E-state index contributed by atoms with van der Waals surface area (Å²) in [4.78, 5) is 26.9. The molecule has 4 aromatic heterocycles. The van der Waals surface area contributed by atoms with E-state index in [1.54, 1.807) is 6.07 Å². The smallest absolute Gasteiger partial charge is 0.250 e. The Kier molecular flexibility index (Phi) is 13.5. The summed E-state index contributed by atoms with van der Waals surface area (Å²) >= 11 is 19.6. The first-order chi connectivity index (χ1) is 23.8. The van der Waals surface area contributed by atoms with Gasteiger partial charge in [0.2, 0.25) is 15.0 Å². The van der Waals surface area contributed by atoms with Crippen molar-refractivity contribution in [2.75, 3.05) is 28.4 Å². The number of nitriles is 2. The molecule has 0 saturated heterocycles. The number of rotatable bonds is 7. The Labute approximate surface area is 313 Å². The van der Waals surface area contributed by atoms with Crippen LogP contribution in [0.2, 0.25) is 10.3 Å². The Morgan fingerprint density at radius 2 is 1.26 bits per heavy atom. The Bertz CT molecular complexity index is 2250. The van der Waals surface area contributed by atoms with Crippen molar-refractivity contribution >= 4 is 113 Å². The van der Waals surface area contributed by atoms with Crippen LogP contribution in [-0.4, -0.2) is 44.6 Å². The minimum Gasteiger partial charge on any atom is -0.399 e. The maximum absolute atomic E-state index is 11.4. The molecule has 6 N–H and O–H groups in total. The van der Waals surface area contributed by atoms with Gasteiger partial charge in [0.15, 0.2) is 15.4 Å². The van der Waals surface area contributed by atoms with E-state index in [1.165, 1.54) is 41.6 Å². The average molecular weight is 802 g/mol. The SMILES string of the molecule is CS(=O)(=O)c1nc(Cl)cc(Nc2ncc(C#N)s2)n1.N#Cc1cnc(Nc2cc(Cl)nc(Sc3ccc(N)cc3)n2)s1.Nc1ccc(S)cc1. The molecule has 0 saturated carbocycles. The molecule has 0 spiro atoms. The number of nitrogen functional groups attached to an aromatic ring is 2. The van der Waals surface area contributed by atoms with Crippen molar-refractivity contribution in [3.63, 3.8) is 0 Å². The number of hydrogen-bond donors (Lipinski definition) is 5. The van der Waals surface area contributed by atoms with E-state index in [4.69, 9.17) is 45.2 Å². The van der Waals surface area contributed by atoms with Gasteiger partial charge < -0.3 is 22.1 Å². The molecular formula is C29H22Cl2N12O2S5. The van der Waals surface area contributed by atoms with E-state index < -0.39 is 9.84 Å². The monoisotopic (exact) mass is 800 g/mol. The molecule has 4 heterocycles. The van der Waals surface area contributed by atoms with E-state index in [0.29, 0.717) is 41.8 Å². The number of nitrogens with one attached hydrogen (secondary N) is 2. The number of hydrogen-bond acceptors (Lipinski definition) is 18. The normalized spacial score (nSPS) is 10.4. The van der Waals surface area contributed by atoms with Gasteiger partial charge in [0, 0.05) is 39.6 Å². The molecular weight excluding hydrogens is 780 g/mol. The first-order valence-electron chi connectivity index (χ1n) is 13.4. The number of aromatic nitrogens is 6. The van der Waals surface area contributed by atoms with Gasteiger partial charge in [-0.05, 0) is 60.3 Å². The molecule has 2 aromatic carbocycles. The first-order valence-corrected chi connectivity index (χ1v) is 19.0. The zero-order valence-corrected chi connectivity index (χ0v) is 31.0. The topological polar surface area (TPSA) is 235 Å². The summed E-state index contributed by atoms with van der Waals surface area (Å²) in [6.45, 7) is 0. The molecule has 0 aliphatic rings. The molecule has 0 aliphatic carbocycles. The van der Waals surface area contributed by atoms with Crippen molar-refractivity contribution in [1.29, 1.82) is 10.5 Å². The van der Waals surface area contributed by atoms with E-state index in [9.17, 15) is 8.42 Å². The summed E-state index contributed by atoms with van der Waals surface area (Å²) in [5.74, 6) is 0.709. The van der Waals surface area contributed by atoms with E-state index in [0.717, 1.165) is 33.1 Å². The third-order valence-electron chi connectivity index (χ3n) is 5.36. The zero-order valence-electron chi connectivity index (χ0n) is 25.3. The van der Waals surface area contributed by atoms with E-state index in [-0.39, 0.29) is 16.1 Å². The highest BCUT2D eigenvalue weighted by Crippen LogP contribution is 2.29. The van der Waals surface area contributed by atoms with E-state index >= 15 is 0 Å². The summed E-state index contributed by atoms with van der Waals surface area (Å²) in [5.41, 5.74) is 12.5. The lowest BCUT2D eigenvalue weighted by Gasteiger charge is -2.05. The van der Waals surface area contributed by atoms with E-state index in [1.807, 2.05) is 60.7 Å². The number of thiol groups is 1. The number of thiazole rings is 2. The van der Waals surface area contributed by atoms with E-state index in [2.05, 4.69) is 53.2 Å². The molecule has 0 amide bonds. The quantitative estimate of drug-likeness (QED) is 0.0469. The van der Waals surface area contributed by atoms with Crippen molar-refractivity contribution < 1.29 is 8.42 Å². The average Bonchev–Trinajstić information content (AvgIpc) is 3.72. The summed E-state index contributed by atoms with van der Waals surface area (Å²) in [6.07, 6.45) is 3.88. The Morgan fingerprint density at radius 1 is 0.780 bits per heavy atom. The molecule has 6 rings (SSSR count). The number of sulfone groups is 1. The fourth-order valence-electron chi connectivity index (χ4n) is 3.23. The van der Waals surface area contributed by atoms with Crippen LogP contribution < -0.4 is 22.1 Å². The van der Waals surface area contributed by atoms with Crippen LogP contribution in [0.15, 0.2) is 93.2 Å². The minimum atomic E-state index is -3.56. The Balaban J connectivity index is 0.000000187. The fourth-order valence-corrected chi connectivity index (χ4v) is 6.39. The number of halogens is 2. The number of nitrogens with two attached hydrogens (primary N) is 2. The van der Waals surface area contributed by atoms with Gasteiger partial charge in [0.1, 0.15) is 43.8 Å². The molecule has 0 bridgehead atoms. The van der Waals surface area contributed by atoms with Crippen LogP contribution in [0.25, 0.3) is 0 Å². The highest BCUT2D eigenvalue weighted by Gasteiger charge is 2.14. The van der Waals surface area contributed by atoms with Crippen molar-refractivity contribution in [1.82, 2.24) is 29.9 Å². The molecule has 6 aromatic rings. The largest absolute Gasteiger partial charge is 0.399 e. The molecule has 254 valence electrons. The van der Waals surface area contributed by atoms with Crippen LogP contribution in [0.1, 0.15) is 9.75 Å². The lowest BCUT2D eigenvalue weighted by molar-refractivity contribution is 0.593. The summed E-state index contributed by atoms with van der Waals surface area (Å²) < 4.78 is 22.7. The third kappa shape index (κ3) is 12.3. The molecule has 21 heteroatoms. The van der Waals surface area contributed by atoms with Crippen LogP contribution in [0.3, 0.4) is 0 Å². The molecule has 14 nitrogen and oxygen atoms in total. The molecule has 0 radical (unpaired) electrons. The van der Waals surface area contributed by atoms with Gasteiger partial charge in [-0.2, -0.15) is 10.5 Å². The van der Waals surface area contributed by atoms with Gasteiger partial charge >= 0.3 is 0 Å². The van der Waals surface area contributed by atoms with Crippen LogP contribution in [0, 0.1) is 22.7 Å². The van der Waals surface area contributed by atoms with Crippen molar-refractivity contribution in [3.8, 4) is 12.1 Å². The summed E-state index contributed by atoms with van der Waals surface area (Å²) in [6, 6.07) is 21.7. The minimum absolute atomic E-state index is 0.00464. The second-order valence-corrected chi connectivity index (χ2v) is 15.6. The van der Waals surface area contributed by atoms with Crippen molar-refractivity contribution in [3.05, 3.63) is 93.1 Å². The lowest BCUT2D eigenvalue weighted by Crippen LogP contribution is -2.06. The van der Waals surface area contributed by atoms with Crippen LogP contribution in [-0.2, 0) is 9.84 Å². The second kappa shape index (κ2) is 17.8. The highest BCUT2D eigenvalue weighted by molar-refractivity contribution is 7.99. The first kappa shape index (κ1) is 38.1. The fraction of sp³-hybridized carbons (Fsp3) is 0.0345. The van der Waals surface area contributed by atoms with Gasteiger partial charge in [-0.3, -0.25) is 0 Å². The number of nitrogens with zero attached hydrogens (tertiary/aromatic N) is 8. The van der Waals surface area contributed by atoms with Crippen LogP contribution in [0.4, 0.5) is 33.3 Å². The third-order valence-corrected chi connectivity index (χ3v) is 9.40. The lowest BCUT2D eigenvalue weighted by atomic mass is 10.3. The van der Waals surface area contributed by atoms with Gasteiger partial charge in [-0.1, -0.05) is 45.9 Å². The summed E-state index contributed by atoms with van der Waals surface area (Å²) in [5, 5.41) is 24.7. The maximum atomic E-state index is 11.4.